The van der Waals surface area contributed by atoms with Gasteiger partial charge in [-0.25, -0.2) is 9.78 Å². The van der Waals surface area contributed by atoms with Crippen LogP contribution in [0.5, 0.6) is 0 Å². The van der Waals surface area contributed by atoms with Crippen molar-refractivity contribution >= 4 is 17.3 Å². The SMILES string of the molecule is CCc1csc(-c2cn[nH]c2C(=O)O)n1. The number of aromatic nitrogens is 3. The molecule has 6 heteroatoms. The van der Waals surface area contributed by atoms with Crippen molar-refractivity contribution in [2.45, 2.75) is 13.3 Å². The van der Waals surface area contributed by atoms with Gasteiger partial charge < -0.3 is 5.11 Å². The second-order valence-electron chi connectivity index (χ2n) is 2.96. The van der Waals surface area contributed by atoms with E-state index in [0.29, 0.717) is 10.6 Å². The maximum atomic E-state index is 10.8. The molecule has 2 rings (SSSR count). The van der Waals surface area contributed by atoms with Gasteiger partial charge in [-0.2, -0.15) is 5.10 Å². The Morgan fingerprint density at radius 1 is 1.67 bits per heavy atom. The molecular formula is C9H9N3O2S. The van der Waals surface area contributed by atoms with Gasteiger partial charge in [0.25, 0.3) is 0 Å². The monoisotopic (exact) mass is 223 g/mol. The molecule has 0 radical (unpaired) electrons. The molecular weight excluding hydrogens is 214 g/mol. The Hall–Kier alpha value is -1.69. The lowest BCUT2D eigenvalue weighted by atomic mass is 10.2. The number of aryl methyl sites for hydroxylation is 1. The highest BCUT2D eigenvalue weighted by Gasteiger charge is 2.16. The van der Waals surface area contributed by atoms with E-state index >= 15 is 0 Å². The topological polar surface area (TPSA) is 78.9 Å². The molecule has 2 heterocycles. The molecule has 0 atom stereocenters. The van der Waals surface area contributed by atoms with Gasteiger partial charge >= 0.3 is 5.97 Å². The van der Waals surface area contributed by atoms with Crippen LogP contribution in [0.1, 0.15) is 23.1 Å². The summed E-state index contributed by atoms with van der Waals surface area (Å²) in [6.07, 6.45) is 2.33. The number of carboxylic acids is 1. The van der Waals surface area contributed by atoms with Crippen molar-refractivity contribution in [1.29, 1.82) is 0 Å². The Morgan fingerprint density at radius 3 is 3.07 bits per heavy atom. The van der Waals surface area contributed by atoms with Crippen molar-refractivity contribution in [2.24, 2.45) is 0 Å². The maximum absolute atomic E-state index is 10.8. The second kappa shape index (κ2) is 3.82. The van der Waals surface area contributed by atoms with Crippen LogP contribution in [0.15, 0.2) is 11.6 Å². The van der Waals surface area contributed by atoms with Gasteiger partial charge in [-0.05, 0) is 6.42 Å². The van der Waals surface area contributed by atoms with Crippen LogP contribution in [-0.4, -0.2) is 26.3 Å². The first-order valence-corrected chi connectivity index (χ1v) is 5.31. The van der Waals surface area contributed by atoms with Crippen molar-refractivity contribution in [1.82, 2.24) is 15.2 Å². The highest BCUT2D eigenvalue weighted by molar-refractivity contribution is 7.13. The number of nitrogens with one attached hydrogen (secondary N) is 1. The lowest BCUT2D eigenvalue weighted by Crippen LogP contribution is -1.98. The molecule has 15 heavy (non-hydrogen) atoms. The van der Waals surface area contributed by atoms with E-state index < -0.39 is 5.97 Å². The van der Waals surface area contributed by atoms with Gasteiger partial charge in [0, 0.05) is 5.38 Å². The van der Waals surface area contributed by atoms with Crippen LogP contribution in [-0.2, 0) is 6.42 Å². The first-order valence-electron chi connectivity index (χ1n) is 4.43. The number of hydrogen-bond donors (Lipinski definition) is 2. The summed E-state index contributed by atoms with van der Waals surface area (Å²) in [7, 11) is 0. The fraction of sp³-hybridized carbons (Fsp3) is 0.222. The second-order valence-corrected chi connectivity index (χ2v) is 3.82. The minimum absolute atomic E-state index is 0.0898. The molecule has 0 unspecified atom stereocenters. The summed E-state index contributed by atoms with van der Waals surface area (Å²) in [4.78, 5) is 15.1. The number of hydrogen-bond acceptors (Lipinski definition) is 4. The molecule has 0 aliphatic rings. The zero-order valence-corrected chi connectivity index (χ0v) is 8.84. The first kappa shape index (κ1) is 9.85. The van der Waals surface area contributed by atoms with E-state index in [2.05, 4.69) is 15.2 Å². The number of aromatic carboxylic acids is 1. The molecule has 0 fully saturated rings. The number of rotatable bonds is 3. The van der Waals surface area contributed by atoms with Gasteiger partial charge in [0.1, 0.15) is 5.01 Å². The van der Waals surface area contributed by atoms with Crippen molar-refractivity contribution in [3.63, 3.8) is 0 Å². The fourth-order valence-electron chi connectivity index (χ4n) is 1.20. The van der Waals surface area contributed by atoms with E-state index in [1.54, 1.807) is 0 Å². The average molecular weight is 223 g/mol. The largest absolute Gasteiger partial charge is 0.477 e. The van der Waals surface area contributed by atoms with Crippen LogP contribution in [0.2, 0.25) is 0 Å². The van der Waals surface area contributed by atoms with Gasteiger partial charge in [-0.1, -0.05) is 6.92 Å². The average Bonchev–Trinajstić information content (AvgIpc) is 2.85. The minimum atomic E-state index is -1.02. The number of nitrogens with zero attached hydrogens (tertiary/aromatic N) is 2. The van der Waals surface area contributed by atoms with Crippen LogP contribution in [0.4, 0.5) is 0 Å². The molecule has 78 valence electrons. The third-order valence-electron chi connectivity index (χ3n) is 2.00. The van der Waals surface area contributed by atoms with Crippen LogP contribution >= 0.6 is 11.3 Å². The zero-order valence-electron chi connectivity index (χ0n) is 8.02. The van der Waals surface area contributed by atoms with E-state index in [-0.39, 0.29) is 5.69 Å². The van der Waals surface area contributed by atoms with Gasteiger partial charge in [0.2, 0.25) is 0 Å². The summed E-state index contributed by atoms with van der Waals surface area (Å²) in [6, 6.07) is 0. The molecule has 2 aromatic rings. The lowest BCUT2D eigenvalue weighted by molar-refractivity contribution is 0.0691. The third kappa shape index (κ3) is 1.75. The summed E-state index contributed by atoms with van der Waals surface area (Å²) >= 11 is 1.43. The Labute approximate surface area is 89.8 Å². The van der Waals surface area contributed by atoms with Gasteiger partial charge in [0.05, 0.1) is 17.5 Å². The van der Waals surface area contributed by atoms with Crippen LogP contribution in [0, 0.1) is 0 Å². The Balaban J connectivity index is 2.44. The van der Waals surface area contributed by atoms with Gasteiger partial charge in [-0.15, -0.1) is 11.3 Å². The van der Waals surface area contributed by atoms with Crippen LogP contribution in [0.3, 0.4) is 0 Å². The number of aromatic amines is 1. The zero-order chi connectivity index (χ0) is 10.8. The summed E-state index contributed by atoms with van der Waals surface area (Å²) < 4.78 is 0. The summed E-state index contributed by atoms with van der Waals surface area (Å²) in [6.45, 7) is 2.01. The van der Waals surface area contributed by atoms with E-state index in [4.69, 9.17) is 5.11 Å². The fourth-order valence-corrected chi connectivity index (χ4v) is 2.12. The molecule has 0 saturated heterocycles. The molecule has 5 nitrogen and oxygen atoms in total. The van der Waals surface area contributed by atoms with E-state index in [0.717, 1.165) is 12.1 Å². The highest BCUT2D eigenvalue weighted by Crippen LogP contribution is 2.25. The maximum Gasteiger partial charge on any atom is 0.354 e. The van der Waals surface area contributed by atoms with Crippen LogP contribution in [0.25, 0.3) is 10.6 Å². The number of thiazole rings is 1. The van der Waals surface area contributed by atoms with E-state index in [1.165, 1.54) is 17.5 Å². The molecule has 2 aromatic heterocycles. The molecule has 0 aliphatic carbocycles. The molecule has 0 spiro atoms. The number of carbonyl (C=O) groups is 1. The van der Waals surface area contributed by atoms with Crippen molar-refractivity contribution < 1.29 is 9.90 Å². The summed E-state index contributed by atoms with van der Waals surface area (Å²) in [5, 5.41) is 17.7. The Kier molecular flexibility index (Phi) is 2.51. The first-order chi connectivity index (χ1) is 7.22. The standard InChI is InChI=1S/C9H9N3O2S/c1-2-5-4-15-8(11-5)6-3-10-12-7(6)9(13)14/h3-4H,2H2,1H3,(H,10,12)(H,13,14). The predicted octanol–water partition coefficient (Wildman–Crippen LogP) is 1.79. The van der Waals surface area contributed by atoms with Gasteiger partial charge in [-0.3, -0.25) is 5.10 Å². The quantitative estimate of drug-likeness (QED) is 0.831. The van der Waals surface area contributed by atoms with Crippen molar-refractivity contribution in [3.05, 3.63) is 23.0 Å². The molecule has 0 saturated carbocycles. The molecule has 0 aliphatic heterocycles. The normalized spacial score (nSPS) is 10.5. The summed E-state index contributed by atoms with van der Waals surface area (Å²) in [5.41, 5.74) is 1.60. The number of carboxylic acid groups (broad SMARTS) is 1. The molecule has 2 N–H and O–H groups in total. The van der Waals surface area contributed by atoms with Crippen molar-refractivity contribution in [3.8, 4) is 10.6 Å². The van der Waals surface area contributed by atoms with Crippen molar-refractivity contribution in [2.75, 3.05) is 0 Å². The number of H-pyrrole nitrogens is 1. The smallest absolute Gasteiger partial charge is 0.354 e. The lowest BCUT2D eigenvalue weighted by Gasteiger charge is -1.92. The third-order valence-corrected chi connectivity index (χ3v) is 2.92. The van der Waals surface area contributed by atoms with Crippen LogP contribution < -0.4 is 0 Å². The van der Waals surface area contributed by atoms with Gasteiger partial charge in [0.15, 0.2) is 5.69 Å². The van der Waals surface area contributed by atoms with E-state index in [9.17, 15) is 4.79 Å². The minimum Gasteiger partial charge on any atom is -0.477 e. The Bertz CT molecular complexity index is 489. The highest BCUT2D eigenvalue weighted by atomic mass is 32.1. The molecule has 0 amide bonds. The predicted molar refractivity (Wildman–Crippen MR) is 56.0 cm³/mol. The Morgan fingerprint density at radius 2 is 2.47 bits per heavy atom. The molecule has 0 aromatic carbocycles. The molecule has 0 bridgehead atoms. The summed E-state index contributed by atoms with van der Waals surface area (Å²) in [5.74, 6) is -1.02. The van der Waals surface area contributed by atoms with E-state index in [1.807, 2.05) is 12.3 Å².